The Labute approximate surface area is 107 Å². The lowest BCUT2D eigenvalue weighted by atomic mass is 9.77. The van der Waals surface area contributed by atoms with Crippen LogP contribution in [0.1, 0.15) is 38.7 Å². The second-order valence-electron chi connectivity index (χ2n) is 4.72. The molecule has 0 bridgehead atoms. The average molecular weight is 250 g/mol. The number of carbonyl (C=O) groups is 1. The minimum absolute atomic E-state index is 0.0372. The molecule has 0 saturated carbocycles. The second kappa shape index (κ2) is 5.33. The Morgan fingerprint density at radius 1 is 1.41 bits per heavy atom. The van der Waals surface area contributed by atoms with Gasteiger partial charge in [0.15, 0.2) is 5.78 Å². The van der Waals surface area contributed by atoms with Crippen molar-refractivity contribution in [3.8, 4) is 6.07 Å². The molecule has 0 heterocycles. The van der Waals surface area contributed by atoms with Crippen LogP contribution in [0.3, 0.4) is 0 Å². The molecule has 1 unspecified atom stereocenters. The van der Waals surface area contributed by atoms with E-state index >= 15 is 0 Å². The topological polar surface area (TPSA) is 40.9 Å². The first-order valence-electron chi connectivity index (χ1n) is 5.61. The lowest BCUT2D eigenvalue weighted by Gasteiger charge is -2.23. The average Bonchev–Trinajstić information content (AvgIpc) is 2.32. The minimum Gasteiger partial charge on any atom is -0.297 e. The highest BCUT2D eigenvalue weighted by atomic mass is 35.5. The molecule has 0 saturated heterocycles. The van der Waals surface area contributed by atoms with Crippen molar-refractivity contribution in [2.75, 3.05) is 0 Å². The number of nitrogens with zero attached hydrogens (tertiary/aromatic N) is 1. The van der Waals surface area contributed by atoms with E-state index in [1.807, 2.05) is 20.8 Å². The minimum atomic E-state index is -0.706. The summed E-state index contributed by atoms with van der Waals surface area (Å²) >= 11 is 5.79. The quantitative estimate of drug-likeness (QED) is 0.811. The Morgan fingerprint density at radius 2 is 1.94 bits per heavy atom. The number of carbonyl (C=O) groups excluding carboxylic acids is 1. The molecule has 1 rings (SSSR count). The summed E-state index contributed by atoms with van der Waals surface area (Å²) < 4.78 is 0. The highest BCUT2D eigenvalue weighted by Crippen LogP contribution is 2.30. The molecule has 2 nitrogen and oxygen atoms in total. The normalized spacial score (nSPS) is 12.9. The second-order valence-corrected chi connectivity index (χ2v) is 5.15. The Hall–Kier alpha value is -1.33. The van der Waals surface area contributed by atoms with Crippen LogP contribution >= 0.6 is 11.6 Å². The van der Waals surface area contributed by atoms with E-state index in [0.717, 1.165) is 6.42 Å². The van der Waals surface area contributed by atoms with Crippen molar-refractivity contribution in [2.45, 2.75) is 33.1 Å². The molecule has 17 heavy (non-hydrogen) atoms. The van der Waals surface area contributed by atoms with Crippen LogP contribution in [0, 0.1) is 16.7 Å². The largest absolute Gasteiger partial charge is 0.297 e. The molecule has 0 spiro atoms. The molecule has 0 aliphatic rings. The van der Waals surface area contributed by atoms with Crippen molar-refractivity contribution in [1.82, 2.24) is 0 Å². The maximum atomic E-state index is 12.3. The van der Waals surface area contributed by atoms with Gasteiger partial charge in [0, 0.05) is 10.4 Å². The smallest absolute Gasteiger partial charge is 0.160 e. The molecule has 0 fully saturated rings. The van der Waals surface area contributed by atoms with Gasteiger partial charge in [-0.3, -0.25) is 4.79 Å². The van der Waals surface area contributed by atoms with Crippen LogP contribution in [-0.4, -0.2) is 5.78 Å². The number of rotatable bonds is 4. The maximum Gasteiger partial charge on any atom is 0.160 e. The molecule has 0 amide bonds. The fourth-order valence-electron chi connectivity index (χ4n) is 1.50. The first-order valence-corrected chi connectivity index (χ1v) is 5.99. The van der Waals surface area contributed by atoms with Gasteiger partial charge < -0.3 is 0 Å². The molecule has 90 valence electrons. The van der Waals surface area contributed by atoms with Crippen LogP contribution in [0.2, 0.25) is 5.02 Å². The molecule has 0 aliphatic heterocycles. The number of hydrogen-bond acceptors (Lipinski definition) is 2. The summed E-state index contributed by atoms with van der Waals surface area (Å²) in [5.74, 6) is -0.743. The van der Waals surface area contributed by atoms with Gasteiger partial charge in [-0.05, 0) is 24.1 Å². The predicted octanol–water partition coefficient (Wildman–Crippen LogP) is 3.95. The monoisotopic (exact) mass is 249 g/mol. The van der Waals surface area contributed by atoms with Gasteiger partial charge in [-0.15, -0.1) is 0 Å². The third kappa shape index (κ3) is 3.08. The van der Waals surface area contributed by atoms with E-state index < -0.39 is 11.3 Å². The molecule has 0 aliphatic carbocycles. The van der Waals surface area contributed by atoms with Crippen LogP contribution < -0.4 is 0 Å². The Bertz CT molecular complexity index is 442. The number of ketones is 1. The molecular weight excluding hydrogens is 234 g/mol. The van der Waals surface area contributed by atoms with Gasteiger partial charge >= 0.3 is 0 Å². The zero-order valence-corrected chi connectivity index (χ0v) is 11.1. The Morgan fingerprint density at radius 3 is 2.35 bits per heavy atom. The summed E-state index contributed by atoms with van der Waals surface area (Å²) in [4.78, 5) is 12.3. The Balaban J connectivity index is 3.05. The number of halogens is 1. The van der Waals surface area contributed by atoms with Crippen LogP contribution in [0.25, 0.3) is 0 Å². The zero-order valence-electron chi connectivity index (χ0n) is 10.3. The van der Waals surface area contributed by atoms with Crippen LogP contribution in [-0.2, 0) is 4.79 Å². The summed E-state index contributed by atoms with van der Waals surface area (Å²) in [5.41, 5.74) is 0.239. The summed E-state index contributed by atoms with van der Waals surface area (Å²) in [6.45, 7) is 5.69. The summed E-state index contributed by atoms with van der Waals surface area (Å²) in [6.07, 6.45) is 0.720. The lowest BCUT2D eigenvalue weighted by Crippen LogP contribution is -2.28. The van der Waals surface area contributed by atoms with E-state index in [9.17, 15) is 10.1 Å². The van der Waals surface area contributed by atoms with E-state index in [1.165, 1.54) is 0 Å². The van der Waals surface area contributed by atoms with E-state index in [4.69, 9.17) is 11.6 Å². The molecule has 1 aromatic rings. The highest BCUT2D eigenvalue weighted by Gasteiger charge is 2.33. The molecule has 0 radical (unpaired) electrons. The fourth-order valence-corrected chi connectivity index (χ4v) is 1.63. The summed E-state index contributed by atoms with van der Waals surface area (Å²) in [5, 5.41) is 9.78. The van der Waals surface area contributed by atoms with E-state index in [2.05, 4.69) is 6.07 Å². The van der Waals surface area contributed by atoms with Crippen molar-refractivity contribution < 1.29 is 4.79 Å². The molecule has 0 aromatic heterocycles. The SMILES string of the molecule is CCC(C)(C)C(=O)C(C#N)c1ccc(Cl)cc1. The van der Waals surface area contributed by atoms with E-state index in [-0.39, 0.29) is 5.78 Å². The van der Waals surface area contributed by atoms with Gasteiger partial charge in [-0.25, -0.2) is 0 Å². The van der Waals surface area contributed by atoms with Gasteiger partial charge in [0.05, 0.1) is 6.07 Å². The zero-order chi connectivity index (χ0) is 13.1. The third-order valence-electron chi connectivity index (χ3n) is 3.15. The van der Waals surface area contributed by atoms with Crippen molar-refractivity contribution in [3.05, 3.63) is 34.9 Å². The molecule has 0 N–H and O–H groups in total. The van der Waals surface area contributed by atoms with Gasteiger partial charge in [-0.1, -0.05) is 44.5 Å². The first-order chi connectivity index (χ1) is 7.92. The van der Waals surface area contributed by atoms with Gasteiger partial charge in [0.25, 0.3) is 0 Å². The van der Waals surface area contributed by atoms with Crippen molar-refractivity contribution in [3.63, 3.8) is 0 Å². The standard InChI is InChI=1S/C14H16ClNO/c1-4-14(2,3)13(17)12(9-16)10-5-7-11(15)8-6-10/h5-8,12H,4H2,1-3H3. The summed E-state index contributed by atoms with van der Waals surface area (Å²) in [7, 11) is 0. The molecule has 1 atom stereocenters. The van der Waals surface area contributed by atoms with Gasteiger partial charge in [0.1, 0.15) is 5.92 Å². The number of benzene rings is 1. The Kier molecular flexibility index (Phi) is 4.31. The third-order valence-corrected chi connectivity index (χ3v) is 3.40. The lowest BCUT2D eigenvalue weighted by molar-refractivity contribution is -0.127. The van der Waals surface area contributed by atoms with E-state index in [0.29, 0.717) is 10.6 Å². The van der Waals surface area contributed by atoms with Crippen molar-refractivity contribution in [1.29, 1.82) is 5.26 Å². The van der Waals surface area contributed by atoms with E-state index in [1.54, 1.807) is 24.3 Å². The van der Waals surface area contributed by atoms with Crippen LogP contribution in [0.5, 0.6) is 0 Å². The van der Waals surface area contributed by atoms with Crippen LogP contribution in [0.15, 0.2) is 24.3 Å². The summed E-state index contributed by atoms with van der Waals surface area (Å²) in [6, 6.07) is 8.96. The number of nitriles is 1. The molecule has 3 heteroatoms. The number of Topliss-reactive ketones (excluding diaryl/α,β-unsaturated/α-hetero) is 1. The maximum absolute atomic E-state index is 12.3. The number of hydrogen-bond donors (Lipinski definition) is 0. The highest BCUT2D eigenvalue weighted by molar-refractivity contribution is 6.30. The predicted molar refractivity (Wildman–Crippen MR) is 68.9 cm³/mol. The first kappa shape index (κ1) is 13.7. The van der Waals surface area contributed by atoms with Crippen molar-refractivity contribution >= 4 is 17.4 Å². The molecule has 1 aromatic carbocycles. The van der Waals surface area contributed by atoms with Gasteiger partial charge in [0.2, 0.25) is 0 Å². The molecular formula is C14H16ClNO. The van der Waals surface area contributed by atoms with Crippen molar-refractivity contribution in [2.24, 2.45) is 5.41 Å². The van der Waals surface area contributed by atoms with Crippen LogP contribution in [0.4, 0.5) is 0 Å². The fraction of sp³-hybridized carbons (Fsp3) is 0.429. The van der Waals surface area contributed by atoms with Gasteiger partial charge in [-0.2, -0.15) is 5.26 Å².